The summed E-state index contributed by atoms with van der Waals surface area (Å²) in [6, 6.07) is 7.84. The van der Waals surface area contributed by atoms with Gasteiger partial charge in [-0.3, -0.25) is 9.48 Å². The summed E-state index contributed by atoms with van der Waals surface area (Å²) in [6.07, 6.45) is 0.345. The molecule has 5 nitrogen and oxygen atoms in total. The van der Waals surface area contributed by atoms with Crippen molar-refractivity contribution in [3.8, 4) is 0 Å². The molecule has 0 amide bonds. The molecule has 1 heterocycles. The van der Waals surface area contributed by atoms with Crippen molar-refractivity contribution < 1.29 is 9.90 Å². The van der Waals surface area contributed by atoms with E-state index in [2.05, 4.69) is 5.10 Å². The minimum absolute atomic E-state index is 0.0641. The number of aryl methyl sites for hydroxylation is 1. The molecule has 0 aliphatic heterocycles. The second kappa shape index (κ2) is 5.25. The average molecular weight is 275 g/mol. The molecule has 0 spiro atoms. The van der Waals surface area contributed by atoms with Crippen LogP contribution in [-0.2, 0) is 18.3 Å². The molecule has 20 heavy (non-hydrogen) atoms. The quantitative estimate of drug-likeness (QED) is 0.872. The number of aliphatic carboxylic acids is 1. The van der Waals surface area contributed by atoms with Gasteiger partial charge in [0.05, 0.1) is 16.6 Å². The predicted octanol–water partition coefficient (Wildman–Crippen LogP) is 1.80. The molecule has 1 aromatic carbocycles. The SMILES string of the molecule is CC(C)C(CN)(Cc1nn(C)c2ccccc12)C(=O)O. The van der Waals surface area contributed by atoms with E-state index in [9.17, 15) is 9.90 Å². The van der Waals surface area contributed by atoms with Crippen LogP contribution in [0.5, 0.6) is 0 Å². The molecule has 1 unspecified atom stereocenters. The highest BCUT2D eigenvalue weighted by Gasteiger charge is 2.41. The third-order valence-corrected chi connectivity index (χ3v) is 4.21. The number of nitrogens with two attached hydrogens (primary N) is 1. The van der Waals surface area contributed by atoms with Gasteiger partial charge in [-0.05, 0) is 12.0 Å². The highest BCUT2D eigenvalue weighted by atomic mass is 16.4. The van der Waals surface area contributed by atoms with Gasteiger partial charge in [0.15, 0.2) is 0 Å². The van der Waals surface area contributed by atoms with Crippen LogP contribution in [0.4, 0.5) is 0 Å². The number of carboxylic acid groups (broad SMARTS) is 1. The van der Waals surface area contributed by atoms with E-state index in [1.807, 2.05) is 45.2 Å². The van der Waals surface area contributed by atoms with E-state index >= 15 is 0 Å². The molecule has 3 N–H and O–H groups in total. The number of hydrogen-bond donors (Lipinski definition) is 2. The van der Waals surface area contributed by atoms with Gasteiger partial charge in [0, 0.05) is 25.4 Å². The Labute approximate surface area is 118 Å². The Kier molecular flexibility index (Phi) is 3.81. The third-order valence-electron chi connectivity index (χ3n) is 4.21. The van der Waals surface area contributed by atoms with Crippen LogP contribution < -0.4 is 5.73 Å². The predicted molar refractivity (Wildman–Crippen MR) is 78.4 cm³/mol. The van der Waals surface area contributed by atoms with Crippen LogP contribution >= 0.6 is 0 Å². The van der Waals surface area contributed by atoms with Crippen LogP contribution in [0.15, 0.2) is 24.3 Å². The number of para-hydroxylation sites is 1. The van der Waals surface area contributed by atoms with E-state index in [1.165, 1.54) is 0 Å². The number of fused-ring (bicyclic) bond motifs is 1. The Morgan fingerprint density at radius 1 is 1.45 bits per heavy atom. The van der Waals surface area contributed by atoms with Crippen LogP contribution in [0, 0.1) is 11.3 Å². The van der Waals surface area contributed by atoms with Gasteiger partial charge in [0.2, 0.25) is 0 Å². The van der Waals surface area contributed by atoms with E-state index in [0.29, 0.717) is 6.42 Å². The number of aromatic nitrogens is 2. The van der Waals surface area contributed by atoms with Gasteiger partial charge in [-0.2, -0.15) is 5.10 Å². The van der Waals surface area contributed by atoms with E-state index in [4.69, 9.17) is 5.73 Å². The van der Waals surface area contributed by atoms with E-state index in [-0.39, 0.29) is 12.5 Å². The Morgan fingerprint density at radius 3 is 2.65 bits per heavy atom. The number of rotatable bonds is 5. The summed E-state index contributed by atoms with van der Waals surface area (Å²) in [5.74, 6) is -0.921. The fraction of sp³-hybridized carbons (Fsp3) is 0.467. The second-order valence-corrected chi connectivity index (χ2v) is 5.58. The van der Waals surface area contributed by atoms with E-state index in [1.54, 1.807) is 4.68 Å². The number of benzene rings is 1. The molecule has 1 aromatic heterocycles. The first-order valence-electron chi connectivity index (χ1n) is 6.76. The van der Waals surface area contributed by atoms with Crippen molar-refractivity contribution >= 4 is 16.9 Å². The summed E-state index contributed by atoms with van der Waals surface area (Å²) in [4.78, 5) is 11.7. The topological polar surface area (TPSA) is 81.1 Å². The fourth-order valence-electron chi connectivity index (χ4n) is 2.64. The Bertz CT molecular complexity index is 633. The lowest BCUT2D eigenvalue weighted by molar-refractivity contribution is -0.151. The minimum Gasteiger partial charge on any atom is -0.481 e. The molecule has 0 radical (unpaired) electrons. The summed E-state index contributed by atoms with van der Waals surface area (Å²) in [5, 5.41) is 15.1. The van der Waals surface area contributed by atoms with Crippen molar-refractivity contribution in [3.63, 3.8) is 0 Å². The van der Waals surface area contributed by atoms with E-state index in [0.717, 1.165) is 16.6 Å². The van der Waals surface area contributed by atoms with Crippen molar-refractivity contribution in [2.45, 2.75) is 20.3 Å². The lowest BCUT2D eigenvalue weighted by Crippen LogP contribution is -2.45. The molecule has 2 rings (SSSR count). The van der Waals surface area contributed by atoms with Gasteiger partial charge in [-0.15, -0.1) is 0 Å². The van der Waals surface area contributed by atoms with Gasteiger partial charge in [-0.25, -0.2) is 0 Å². The molecule has 0 saturated carbocycles. The molecule has 0 fully saturated rings. The summed E-state index contributed by atoms with van der Waals surface area (Å²) in [6.45, 7) is 3.89. The highest BCUT2D eigenvalue weighted by molar-refractivity contribution is 5.83. The number of nitrogens with zero attached hydrogens (tertiary/aromatic N) is 2. The maximum absolute atomic E-state index is 11.7. The first kappa shape index (κ1) is 14.5. The Hall–Kier alpha value is -1.88. The highest BCUT2D eigenvalue weighted by Crippen LogP contribution is 2.33. The van der Waals surface area contributed by atoms with Crippen molar-refractivity contribution in [3.05, 3.63) is 30.0 Å². The van der Waals surface area contributed by atoms with Crippen LogP contribution in [0.2, 0.25) is 0 Å². The first-order chi connectivity index (χ1) is 9.42. The zero-order chi connectivity index (χ0) is 14.9. The average Bonchev–Trinajstić information content (AvgIpc) is 2.72. The third kappa shape index (κ3) is 2.18. The molecule has 1 atom stereocenters. The van der Waals surface area contributed by atoms with Gasteiger partial charge >= 0.3 is 5.97 Å². The van der Waals surface area contributed by atoms with Gasteiger partial charge in [-0.1, -0.05) is 32.0 Å². The molecular weight excluding hydrogens is 254 g/mol. The van der Waals surface area contributed by atoms with Crippen molar-refractivity contribution in [1.29, 1.82) is 0 Å². The number of hydrogen-bond acceptors (Lipinski definition) is 3. The first-order valence-corrected chi connectivity index (χ1v) is 6.76. The molecular formula is C15H21N3O2. The smallest absolute Gasteiger partial charge is 0.311 e. The summed E-state index contributed by atoms with van der Waals surface area (Å²) in [5.41, 5.74) is 6.62. The van der Waals surface area contributed by atoms with Crippen LogP contribution in [0.3, 0.4) is 0 Å². The fourth-order valence-corrected chi connectivity index (χ4v) is 2.64. The summed E-state index contributed by atoms with van der Waals surface area (Å²) >= 11 is 0. The molecule has 108 valence electrons. The standard InChI is InChI=1S/C15H21N3O2/c1-10(2)15(9-16,14(19)20)8-12-11-6-4-5-7-13(11)18(3)17-12/h4-7,10H,8-9,16H2,1-3H3,(H,19,20). The van der Waals surface area contributed by atoms with Crippen molar-refractivity contribution in [2.75, 3.05) is 6.54 Å². The number of carbonyl (C=O) groups is 1. The molecule has 2 aromatic rings. The molecule has 5 heteroatoms. The second-order valence-electron chi connectivity index (χ2n) is 5.58. The molecule has 0 saturated heterocycles. The monoisotopic (exact) mass is 275 g/mol. The summed E-state index contributed by atoms with van der Waals surface area (Å²) < 4.78 is 1.79. The van der Waals surface area contributed by atoms with Crippen LogP contribution in [-0.4, -0.2) is 27.4 Å². The lowest BCUT2D eigenvalue weighted by Gasteiger charge is -2.31. The zero-order valence-corrected chi connectivity index (χ0v) is 12.1. The Morgan fingerprint density at radius 2 is 2.10 bits per heavy atom. The molecule has 0 bridgehead atoms. The zero-order valence-electron chi connectivity index (χ0n) is 12.1. The van der Waals surface area contributed by atoms with Crippen LogP contribution in [0.1, 0.15) is 19.5 Å². The maximum Gasteiger partial charge on any atom is 0.311 e. The van der Waals surface area contributed by atoms with Gasteiger partial charge < -0.3 is 10.8 Å². The van der Waals surface area contributed by atoms with Gasteiger partial charge in [0.25, 0.3) is 0 Å². The van der Waals surface area contributed by atoms with Crippen molar-refractivity contribution in [1.82, 2.24) is 9.78 Å². The molecule has 0 aliphatic carbocycles. The van der Waals surface area contributed by atoms with E-state index < -0.39 is 11.4 Å². The van der Waals surface area contributed by atoms with Crippen LogP contribution in [0.25, 0.3) is 10.9 Å². The van der Waals surface area contributed by atoms with Gasteiger partial charge in [0.1, 0.15) is 0 Å². The Balaban J connectivity index is 2.52. The number of carboxylic acids is 1. The largest absolute Gasteiger partial charge is 0.481 e. The summed E-state index contributed by atoms with van der Waals surface area (Å²) in [7, 11) is 1.87. The minimum atomic E-state index is -0.975. The maximum atomic E-state index is 11.7. The van der Waals surface area contributed by atoms with Crippen molar-refractivity contribution in [2.24, 2.45) is 24.1 Å². The molecule has 0 aliphatic rings. The lowest BCUT2D eigenvalue weighted by atomic mass is 9.73. The normalized spacial score (nSPS) is 14.7.